The van der Waals surface area contributed by atoms with Crippen LogP contribution in [0.4, 0.5) is 18.0 Å². The molecule has 44 heavy (non-hydrogen) atoms. The minimum absolute atomic E-state index is 0.122. The molecule has 1 N–H and O–H groups in total. The van der Waals surface area contributed by atoms with Crippen LogP contribution in [0.2, 0.25) is 0 Å². The topological polar surface area (TPSA) is 167 Å². The Bertz CT molecular complexity index is 1610. The summed E-state index contributed by atoms with van der Waals surface area (Å²) in [6.45, 7) is 5.43. The van der Waals surface area contributed by atoms with Gasteiger partial charge in [-0.2, -0.15) is 18.3 Å². The van der Waals surface area contributed by atoms with Gasteiger partial charge in [-0.05, 0) is 58.0 Å². The highest BCUT2D eigenvalue weighted by molar-refractivity contribution is 7.90. The summed E-state index contributed by atoms with van der Waals surface area (Å²) in [6.07, 6.45) is -6.24. The molecular formula is C26H29F3N6O8S. The summed E-state index contributed by atoms with van der Waals surface area (Å²) in [5.41, 5.74) is 0.456. The van der Waals surface area contributed by atoms with E-state index >= 15 is 0 Å². The summed E-state index contributed by atoms with van der Waals surface area (Å²) in [5.74, 6) is -1.12. The average molecular weight is 643 g/mol. The number of ether oxygens (including phenoxy) is 2. The van der Waals surface area contributed by atoms with Gasteiger partial charge in [-0.25, -0.2) is 22.6 Å². The maximum absolute atomic E-state index is 13.5. The summed E-state index contributed by atoms with van der Waals surface area (Å²) in [6, 6.07) is 10.9. The van der Waals surface area contributed by atoms with E-state index in [-0.39, 0.29) is 21.2 Å². The second kappa shape index (κ2) is 13.6. The molecule has 1 amide bonds. The van der Waals surface area contributed by atoms with Gasteiger partial charge in [0.15, 0.2) is 11.7 Å². The largest absolute Gasteiger partial charge is 0.569 e. The fraction of sp³-hybridized carbons (Fsp3) is 0.346. The lowest BCUT2D eigenvalue weighted by molar-refractivity contribution is -0.710. The highest BCUT2D eigenvalue weighted by atomic mass is 32.2. The zero-order valence-electron chi connectivity index (χ0n) is 24.1. The quantitative estimate of drug-likeness (QED) is 0.0794. The van der Waals surface area contributed by atoms with Gasteiger partial charge >= 0.3 is 12.3 Å². The molecule has 0 saturated carbocycles. The van der Waals surface area contributed by atoms with Crippen LogP contribution in [0.5, 0.6) is 0 Å². The number of alkyl halides is 3. The molecule has 3 rings (SSSR count). The number of halogens is 3. The van der Waals surface area contributed by atoms with Crippen LogP contribution in [0, 0.1) is 12.1 Å². The number of rotatable bonds is 11. The summed E-state index contributed by atoms with van der Waals surface area (Å²) in [7, 11) is -3.36. The number of nitrogens with zero attached hydrogens (tertiary/aromatic N) is 5. The van der Waals surface area contributed by atoms with Crippen LogP contribution in [0.25, 0.3) is 16.9 Å². The Kier molecular flexibility index (Phi) is 10.4. The van der Waals surface area contributed by atoms with Gasteiger partial charge < -0.3 is 19.5 Å². The highest BCUT2D eigenvalue weighted by Gasteiger charge is 2.35. The number of amides is 1. The molecule has 0 aliphatic carbocycles. The molecule has 0 aliphatic heterocycles. The Balaban J connectivity index is 1.72. The molecule has 0 aliphatic rings. The number of likely N-dealkylation sites (N-methyl/N-ethyl adjacent to an activating group) is 1. The van der Waals surface area contributed by atoms with Crippen molar-refractivity contribution in [1.29, 1.82) is 0 Å². The van der Waals surface area contributed by atoms with Crippen LogP contribution in [0.1, 0.15) is 32.0 Å². The molecule has 2 aromatic carbocycles. The summed E-state index contributed by atoms with van der Waals surface area (Å²) in [4.78, 5) is 27.9. The number of hydrogen-bond acceptors (Lipinski definition) is 10. The number of benzene rings is 2. The Morgan fingerprint density at radius 3 is 2.30 bits per heavy atom. The minimum Gasteiger partial charge on any atom is -0.569 e. The van der Waals surface area contributed by atoms with Crippen molar-refractivity contribution < 1.29 is 50.5 Å². The molecular weight excluding hydrogens is 613 g/mol. The van der Waals surface area contributed by atoms with Gasteiger partial charge in [0.05, 0.1) is 34.4 Å². The zero-order chi connectivity index (χ0) is 32.8. The van der Waals surface area contributed by atoms with E-state index in [1.807, 2.05) is 11.6 Å². The molecule has 14 nitrogen and oxygen atoms in total. The second-order valence-corrected chi connectivity index (χ2v) is 11.2. The van der Waals surface area contributed by atoms with Crippen LogP contribution in [0.15, 0.2) is 64.8 Å². The first-order valence-corrected chi connectivity index (χ1v) is 14.3. The summed E-state index contributed by atoms with van der Waals surface area (Å²) in [5, 5.41) is 19.5. The predicted molar refractivity (Wildman–Crippen MR) is 146 cm³/mol. The first-order chi connectivity index (χ1) is 20.5. The zero-order valence-corrected chi connectivity index (χ0v) is 24.9. The van der Waals surface area contributed by atoms with E-state index in [9.17, 15) is 36.4 Å². The number of carbonyl (C=O) groups is 2. The maximum Gasteiger partial charge on any atom is 0.511 e. The summed E-state index contributed by atoms with van der Waals surface area (Å²) >= 11 is 0. The molecule has 3 aromatic rings. The van der Waals surface area contributed by atoms with Gasteiger partial charge in [-0.3, -0.25) is 4.79 Å². The number of hydrogen-bond donors (Lipinski definition) is 1. The van der Waals surface area contributed by atoms with Crippen LogP contribution in [0.3, 0.4) is 0 Å². The molecule has 0 saturated heterocycles. The van der Waals surface area contributed by atoms with Gasteiger partial charge in [0, 0.05) is 5.56 Å². The Morgan fingerprint density at radius 2 is 1.73 bits per heavy atom. The van der Waals surface area contributed by atoms with Crippen molar-refractivity contribution in [2.24, 2.45) is 5.28 Å². The van der Waals surface area contributed by atoms with Crippen molar-refractivity contribution in [3.8, 4) is 16.9 Å². The molecule has 1 heterocycles. The molecule has 238 valence electrons. The SMILES string of the molecule is Cc1ccc(-c2cc(C(F)(F)F)nn2-c2ccc(S(=O)(=O)NC(=O)[C@H](C)N(C)/[N+]([O-])=N/OCOC(=O)OC(C)C)cc2)cc1. The van der Waals surface area contributed by atoms with Crippen LogP contribution in [-0.2, 0) is 35.3 Å². The third-order valence-corrected chi connectivity index (χ3v) is 7.24. The van der Waals surface area contributed by atoms with Crippen molar-refractivity contribution in [1.82, 2.24) is 19.5 Å². The van der Waals surface area contributed by atoms with E-state index < -0.39 is 52.9 Å². The van der Waals surface area contributed by atoms with Gasteiger partial charge in [0.1, 0.15) is 0 Å². The lowest BCUT2D eigenvalue weighted by Gasteiger charge is -2.19. The monoisotopic (exact) mass is 642 g/mol. The number of sulfonamides is 1. The molecule has 18 heteroatoms. The Morgan fingerprint density at radius 1 is 1.11 bits per heavy atom. The van der Waals surface area contributed by atoms with Crippen molar-refractivity contribution in [3.05, 3.63) is 71.1 Å². The fourth-order valence-corrected chi connectivity index (χ4v) is 4.49. The number of carbonyl (C=O) groups excluding carboxylic acids is 2. The van der Waals surface area contributed by atoms with E-state index in [1.54, 1.807) is 38.1 Å². The molecule has 1 aromatic heterocycles. The van der Waals surface area contributed by atoms with Crippen LogP contribution >= 0.6 is 0 Å². The van der Waals surface area contributed by atoms with E-state index in [0.29, 0.717) is 10.6 Å². The molecule has 0 spiro atoms. The molecule has 0 fully saturated rings. The Labute approximate surface area is 250 Å². The Hall–Kier alpha value is -4.87. The van der Waals surface area contributed by atoms with Crippen LogP contribution < -0.4 is 4.72 Å². The number of hydrazine groups is 1. The normalized spacial score (nSPS) is 12.9. The van der Waals surface area contributed by atoms with Crippen molar-refractivity contribution in [2.75, 3.05) is 13.8 Å². The minimum atomic E-state index is -4.73. The molecule has 0 unspecified atom stereocenters. The van der Waals surface area contributed by atoms with Gasteiger partial charge in [-0.15, -0.1) is 5.01 Å². The fourth-order valence-electron chi connectivity index (χ4n) is 3.44. The highest BCUT2D eigenvalue weighted by Crippen LogP contribution is 2.33. The number of aryl methyl sites for hydroxylation is 1. The maximum atomic E-state index is 13.5. The molecule has 1 atom stereocenters. The predicted octanol–water partition coefficient (Wildman–Crippen LogP) is 4.32. The third-order valence-electron chi connectivity index (χ3n) is 5.87. The standard InChI is InChI=1S/C26H29F3N6O8S/c1-16(2)43-25(37)41-15-42-32-35(38)33(5)18(4)24(36)31-44(39,40)21-12-10-20(11-13-21)34-22(14-23(30-34)26(27,28)29)19-8-6-17(3)7-9-19/h6-14,16,18H,15H2,1-5H3,(H,31,36)/b35-32-/t18-/m0/s1. The van der Waals surface area contributed by atoms with Crippen molar-refractivity contribution in [3.63, 3.8) is 0 Å². The smallest absolute Gasteiger partial charge is 0.511 e. The van der Waals surface area contributed by atoms with E-state index in [2.05, 4.69) is 24.7 Å². The van der Waals surface area contributed by atoms with Gasteiger partial charge in [0.2, 0.25) is 5.28 Å². The molecule has 0 radical (unpaired) electrons. The van der Waals surface area contributed by atoms with Crippen LogP contribution in [-0.4, -0.2) is 66.2 Å². The lowest BCUT2D eigenvalue weighted by Crippen LogP contribution is -2.47. The van der Waals surface area contributed by atoms with Crippen molar-refractivity contribution in [2.45, 2.75) is 50.9 Å². The first kappa shape index (κ1) is 33.6. The average Bonchev–Trinajstić information content (AvgIpc) is 3.40. The van der Waals surface area contributed by atoms with Gasteiger partial charge in [0.25, 0.3) is 22.7 Å². The summed E-state index contributed by atoms with van der Waals surface area (Å²) < 4.78 is 78.2. The van der Waals surface area contributed by atoms with E-state index in [1.165, 1.54) is 19.1 Å². The van der Waals surface area contributed by atoms with E-state index in [0.717, 1.165) is 35.5 Å². The molecule has 0 bridgehead atoms. The number of nitrogens with one attached hydrogen (secondary N) is 1. The first-order valence-electron chi connectivity index (χ1n) is 12.8. The van der Waals surface area contributed by atoms with Gasteiger partial charge in [-0.1, -0.05) is 29.8 Å². The lowest BCUT2D eigenvalue weighted by atomic mass is 10.1. The third kappa shape index (κ3) is 8.59. The van der Waals surface area contributed by atoms with Crippen molar-refractivity contribution >= 4 is 22.1 Å². The number of aromatic nitrogens is 2. The second-order valence-electron chi connectivity index (χ2n) is 9.55. The van der Waals surface area contributed by atoms with E-state index in [4.69, 9.17) is 0 Å².